The van der Waals surface area contributed by atoms with Gasteiger partial charge in [0.05, 0.1) is 16.9 Å². The summed E-state index contributed by atoms with van der Waals surface area (Å²) in [6.07, 6.45) is -2.13. The molecule has 1 aliphatic heterocycles. The first kappa shape index (κ1) is 15.1. The van der Waals surface area contributed by atoms with Gasteiger partial charge in [0.2, 0.25) is 0 Å². The van der Waals surface area contributed by atoms with Crippen LogP contribution in [0.4, 0.5) is 19.0 Å². The summed E-state index contributed by atoms with van der Waals surface area (Å²) in [6.45, 7) is 3.47. The molecule has 1 aromatic rings. The van der Waals surface area contributed by atoms with Gasteiger partial charge in [-0.3, -0.25) is 0 Å². The number of nitrogens with zero attached hydrogens (tertiary/aromatic N) is 4. The Labute approximate surface area is 119 Å². The lowest BCUT2D eigenvalue weighted by Gasteiger charge is -2.30. The molecule has 2 rings (SSSR count). The summed E-state index contributed by atoms with van der Waals surface area (Å²) in [5, 5.41) is -0.106. The van der Waals surface area contributed by atoms with Gasteiger partial charge in [0, 0.05) is 32.4 Å². The molecule has 1 aromatic heterocycles. The fraction of sp³-hybridized carbons (Fsp3) is 0.500. The lowest BCUT2D eigenvalue weighted by atomic mass is 10.3. The van der Waals surface area contributed by atoms with E-state index in [1.54, 1.807) is 6.34 Å². The van der Waals surface area contributed by atoms with Crippen LogP contribution >= 0.6 is 11.6 Å². The van der Waals surface area contributed by atoms with Crippen LogP contribution in [0.1, 0.15) is 5.56 Å². The quantitative estimate of drug-likeness (QED) is 0.622. The van der Waals surface area contributed by atoms with Crippen LogP contribution in [0.25, 0.3) is 0 Å². The Morgan fingerprint density at radius 1 is 1.30 bits per heavy atom. The molecular weight excluding hydrogens is 293 g/mol. The van der Waals surface area contributed by atoms with Gasteiger partial charge in [-0.2, -0.15) is 13.2 Å². The Balaban J connectivity index is 2.06. The van der Waals surface area contributed by atoms with Gasteiger partial charge in [0.15, 0.2) is 5.82 Å². The van der Waals surface area contributed by atoms with Crippen LogP contribution in [-0.4, -0.2) is 54.3 Å². The number of pyridine rings is 1. The summed E-state index contributed by atoms with van der Waals surface area (Å²) in [6, 6.07) is 0.839. The second kappa shape index (κ2) is 5.97. The van der Waals surface area contributed by atoms with E-state index in [1.807, 2.05) is 11.9 Å². The lowest BCUT2D eigenvalue weighted by Crippen LogP contribution is -2.43. The number of alkyl halides is 3. The van der Waals surface area contributed by atoms with Crippen molar-refractivity contribution < 1.29 is 13.2 Å². The Morgan fingerprint density at radius 3 is 2.50 bits per heavy atom. The number of halogens is 4. The zero-order valence-corrected chi connectivity index (χ0v) is 11.6. The topological polar surface area (TPSA) is 31.7 Å². The van der Waals surface area contributed by atoms with Crippen LogP contribution in [0.5, 0.6) is 0 Å². The molecule has 8 heteroatoms. The predicted molar refractivity (Wildman–Crippen MR) is 71.5 cm³/mol. The Hall–Kier alpha value is -1.34. The normalized spacial score (nSPS) is 17.9. The van der Waals surface area contributed by atoms with Crippen LogP contribution in [-0.2, 0) is 6.18 Å². The van der Waals surface area contributed by atoms with Crippen LogP contribution in [0.2, 0.25) is 5.02 Å². The van der Waals surface area contributed by atoms with Gasteiger partial charge in [0.1, 0.15) is 0 Å². The van der Waals surface area contributed by atoms with E-state index in [9.17, 15) is 13.2 Å². The average molecular weight is 307 g/mol. The zero-order valence-electron chi connectivity index (χ0n) is 10.9. The number of likely N-dealkylation sites (N-methyl/N-ethyl adjacent to an activating group) is 1. The molecule has 0 saturated carbocycles. The fourth-order valence-electron chi connectivity index (χ4n) is 1.75. The van der Waals surface area contributed by atoms with Crippen molar-refractivity contribution in [1.82, 2.24) is 14.8 Å². The van der Waals surface area contributed by atoms with E-state index >= 15 is 0 Å². The molecule has 0 bridgehead atoms. The second-order valence-electron chi connectivity index (χ2n) is 4.61. The highest BCUT2D eigenvalue weighted by atomic mass is 35.5. The van der Waals surface area contributed by atoms with E-state index in [-0.39, 0.29) is 10.8 Å². The standard InChI is InChI=1S/C12H14ClF3N4/c1-19-2-4-20(5-3-19)8-18-11-10(13)6-9(7-17-11)12(14,15)16/h6-8H,2-5H2,1H3/b18-8+. The molecule has 0 amide bonds. The number of rotatable bonds is 2. The Kier molecular flexibility index (Phi) is 4.49. The zero-order chi connectivity index (χ0) is 14.8. The first-order valence-corrected chi connectivity index (χ1v) is 6.43. The highest BCUT2D eigenvalue weighted by Gasteiger charge is 2.31. The molecule has 2 heterocycles. The number of piperazine rings is 1. The monoisotopic (exact) mass is 306 g/mol. The number of hydrogen-bond donors (Lipinski definition) is 0. The molecule has 1 fully saturated rings. The van der Waals surface area contributed by atoms with Crippen molar-refractivity contribution in [2.75, 3.05) is 33.2 Å². The summed E-state index contributed by atoms with van der Waals surface area (Å²) >= 11 is 5.77. The summed E-state index contributed by atoms with van der Waals surface area (Å²) < 4.78 is 37.4. The first-order valence-electron chi connectivity index (χ1n) is 6.06. The van der Waals surface area contributed by atoms with E-state index in [0.29, 0.717) is 0 Å². The van der Waals surface area contributed by atoms with Crippen LogP contribution in [0.15, 0.2) is 17.3 Å². The third kappa shape index (κ3) is 3.83. The Morgan fingerprint density at radius 2 is 1.95 bits per heavy atom. The summed E-state index contributed by atoms with van der Waals surface area (Å²) in [5.74, 6) is 0.0959. The largest absolute Gasteiger partial charge is 0.417 e. The molecule has 0 aliphatic carbocycles. The maximum Gasteiger partial charge on any atom is 0.417 e. The molecule has 0 N–H and O–H groups in total. The SMILES string of the molecule is CN1CCN(/C=N/c2ncc(C(F)(F)F)cc2Cl)CC1. The van der Waals surface area contributed by atoms with E-state index in [1.165, 1.54) is 0 Å². The van der Waals surface area contributed by atoms with Gasteiger partial charge < -0.3 is 9.80 Å². The molecule has 0 radical (unpaired) electrons. The minimum Gasteiger partial charge on any atom is -0.360 e. The van der Waals surface area contributed by atoms with Gasteiger partial charge in [-0.1, -0.05) is 11.6 Å². The second-order valence-corrected chi connectivity index (χ2v) is 5.02. The fourth-order valence-corrected chi connectivity index (χ4v) is 1.97. The highest BCUT2D eigenvalue weighted by molar-refractivity contribution is 6.32. The predicted octanol–water partition coefficient (Wildman–Crippen LogP) is 2.66. The first-order chi connectivity index (χ1) is 9.36. The van der Waals surface area contributed by atoms with Gasteiger partial charge in [-0.25, -0.2) is 9.98 Å². The van der Waals surface area contributed by atoms with Gasteiger partial charge in [-0.15, -0.1) is 0 Å². The van der Waals surface area contributed by atoms with Crippen molar-refractivity contribution in [2.45, 2.75) is 6.18 Å². The summed E-state index contributed by atoms with van der Waals surface area (Å²) in [7, 11) is 2.03. The number of aliphatic imine (C=N–C) groups is 1. The third-order valence-electron chi connectivity index (χ3n) is 3.03. The van der Waals surface area contributed by atoms with Gasteiger partial charge in [0.25, 0.3) is 0 Å². The molecular formula is C12H14ClF3N4. The van der Waals surface area contributed by atoms with E-state index in [0.717, 1.165) is 38.4 Å². The molecule has 110 valence electrons. The van der Waals surface area contributed by atoms with Crippen molar-refractivity contribution in [3.05, 3.63) is 22.8 Å². The van der Waals surface area contributed by atoms with Crippen LogP contribution < -0.4 is 0 Å². The molecule has 0 unspecified atom stereocenters. The maximum absolute atomic E-state index is 12.5. The van der Waals surface area contributed by atoms with Gasteiger partial charge in [-0.05, 0) is 13.1 Å². The number of hydrogen-bond acceptors (Lipinski definition) is 3. The van der Waals surface area contributed by atoms with Crippen molar-refractivity contribution in [2.24, 2.45) is 4.99 Å². The summed E-state index contributed by atoms with van der Waals surface area (Å²) in [4.78, 5) is 11.9. The van der Waals surface area contributed by atoms with E-state index in [4.69, 9.17) is 11.6 Å². The maximum atomic E-state index is 12.5. The lowest BCUT2D eigenvalue weighted by molar-refractivity contribution is -0.137. The van der Waals surface area contributed by atoms with Crippen molar-refractivity contribution in [3.63, 3.8) is 0 Å². The average Bonchev–Trinajstić information content (AvgIpc) is 2.38. The van der Waals surface area contributed by atoms with Crippen molar-refractivity contribution in [3.8, 4) is 0 Å². The van der Waals surface area contributed by atoms with E-state index < -0.39 is 11.7 Å². The summed E-state index contributed by atoms with van der Waals surface area (Å²) in [5.41, 5.74) is -0.874. The van der Waals surface area contributed by atoms with Crippen LogP contribution in [0, 0.1) is 0 Å². The van der Waals surface area contributed by atoms with Crippen molar-refractivity contribution >= 4 is 23.8 Å². The Bertz CT molecular complexity index is 496. The smallest absolute Gasteiger partial charge is 0.360 e. The molecule has 0 spiro atoms. The van der Waals surface area contributed by atoms with Gasteiger partial charge >= 0.3 is 6.18 Å². The van der Waals surface area contributed by atoms with E-state index in [2.05, 4.69) is 14.9 Å². The third-order valence-corrected chi connectivity index (χ3v) is 3.31. The highest BCUT2D eigenvalue weighted by Crippen LogP contribution is 2.33. The molecule has 0 aromatic carbocycles. The molecule has 20 heavy (non-hydrogen) atoms. The minimum atomic E-state index is -4.45. The van der Waals surface area contributed by atoms with Crippen molar-refractivity contribution in [1.29, 1.82) is 0 Å². The molecule has 1 aliphatic rings. The van der Waals surface area contributed by atoms with Crippen LogP contribution in [0.3, 0.4) is 0 Å². The molecule has 4 nitrogen and oxygen atoms in total. The molecule has 0 atom stereocenters. The minimum absolute atomic E-state index is 0.0959. The molecule has 1 saturated heterocycles. The number of aromatic nitrogens is 1.